The van der Waals surface area contributed by atoms with E-state index >= 15 is 0 Å². The fourth-order valence-corrected chi connectivity index (χ4v) is 3.88. The van der Waals surface area contributed by atoms with Crippen molar-refractivity contribution in [3.8, 4) is 0 Å². The molecule has 0 radical (unpaired) electrons. The van der Waals surface area contributed by atoms with Crippen molar-refractivity contribution in [3.63, 3.8) is 0 Å². The largest absolute Gasteiger partial charge is 0.300 e. The molecule has 0 saturated carbocycles. The zero-order valence-electron chi connectivity index (χ0n) is 10.5. The van der Waals surface area contributed by atoms with Crippen molar-refractivity contribution in [1.29, 1.82) is 0 Å². The highest BCUT2D eigenvalue weighted by atomic mass is 15.2. The van der Waals surface area contributed by atoms with Crippen LogP contribution >= 0.6 is 0 Å². The van der Waals surface area contributed by atoms with E-state index in [1.807, 2.05) is 0 Å². The van der Waals surface area contributed by atoms with Crippen molar-refractivity contribution in [1.82, 2.24) is 4.90 Å². The van der Waals surface area contributed by atoms with Gasteiger partial charge < -0.3 is 4.90 Å². The number of benzene rings is 1. The van der Waals surface area contributed by atoms with E-state index in [0.29, 0.717) is 5.41 Å². The summed E-state index contributed by atoms with van der Waals surface area (Å²) in [6.45, 7) is 4.83. The lowest BCUT2D eigenvalue weighted by Crippen LogP contribution is -2.54. The lowest BCUT2D eigenvalue weighted by Gasteiger charge is -2.51. The Hall–Kier alpha value is -0.820. The fourth-order valence-electron chi connectivity index (χ4n) is 3.88. The van der Waals surface area contributed by atoms with Gasteiger partial charge in [-0.05, 0) is 49.8 Å². The molecular formula is C15H21N. The van der Waals surface area contributed by atoms with Crippen LogP contribution in [0, 0.1) is 0 Å². The van der Waals surface area contributed by atoms with Crippen LogP contribution in [0.3, 0.4) is 0 Å². The molecule has 1 aliphatic carbocycles. The highest BCUT2D eigenvalue weighted by molar-refractivity contribution is 5.38. The van der Waals surface area contributed by atoms with Crippen molar-refractivity contribution >= 4 is 0 Å². The minimum Gasteiger partial charge on any atom is -0.300 e. The second-order valence-corrected chi connectivity index (χ2v) is 6.00. The van der Waals surface area contributed by atoms with Crippen LogP contribution in [-0.2, 0) is 11.8 Å². The average molecular weight is 215 g/mol. The van der Waals surface area contributed by atoms with Crippen LogP contribution in [-0.4, -0.2) is 24.0 Å². The van der Waals surface area contributed by atoms with Gasteiger partial charge in [0.15, 0.2) is 0 Å². The zero-order valence-corrected chi connectivity index (χ0v) is 10.5. The summed E-state index contributed by atoms with van der Waals surface area (Å²) < 4.78 is 0. The fraction of sp³-hybridized carbons (Fsp3) is 0.600. The summed E-state index contributed by atoms with van der Waals surface area (Å²) in [5.41, 5.74) is 3.62. The topological polar surface area (TPSA) is 3.24 Å². The van der Waals surface area contributed by atoms with Crippen molar-refractivity contribution in [2.45, 2.75) is 50.6 Å². The summed E-state index contributed by atoms with van der Waals surface area (Å²) in [7, 11) is 2.29. The Kier molecular flexibility index (Phi) is 2.16. The van der Waals surface area contributed by atoms with Crippen LogP contribution in [0.5, 0.6) is 0 Å². The molecular weight excluding hydrogens is 194 g/mol. The maximum atomic E-state index is 2.58. The SMILES string of the molecule is C[C@@H]1CC2(C)CC(Cc3ccccc32)N1C. The van der Waals surface area contributed by atoms with Crippen LogP contribution in [0.1, 0.15) is 37.8 Å². The second kappa shape index (κ2) is 3.33. The molecule has 1 aromatic rings. The van der Waals surface area contributed by atoms with Crippen molar-refractivity contribution in [2.75, 3.05) is 7.05 Å². The summed E-state index contributed by atoms with van der Waals surface area (Å²) in [6.07, 6.45) is 3.88. The predicted octanol–water partition coefficient (Wildman–Crippen LogP) is 2.98. The van der Waals surface area contributed by atoms with E-state index in [0.717, 1.165) is 12.1 Å². The molecule has 2 unspecified atom stereocenters. The summed E-state index contributed by atoms with van der Waals surface area (Å²) in [5.74, 6) is 0. The third-order valence-corrected chi connectivity index (χ3v) is 4.83. The Morgan fingerprint density at radius 3 is 2.81 bits per heavy atom. The highest BCUT2D eigenvalue weighted by Gasteiger charge is 2.43. The third-order valence-electron chi connectivity index (χ3n) is 4.83. The number of hydrogen-bond donors (Lipinski definition) is 0. The molecule has 1 fully saturated rings. The summed E-state index contributed by atoms with van der Waals surface area (Å²) >= 11 is 0. The van der Waals surface area contributed by atoms with Crippen molar-refractivity contribution in [3.05, 3.63) is 35.4 Å². The molecule has 1 nitrogen and oxygen atoms in total. The number of likely N-dealkylation sites (N-methyl/N-ethyl adjacent to an activating group) is 1. The van der Waals surface area contributed by atoms with Crippen LogP contribution in [0.2, 0.25) is 0 Å². The number of rotatable bonds is 0. The Morgan fingerprint density at radius 2 is 2.00 bits per heavy atom. The highest BCUT2D eigenvalue weighted by Crippen LogP contribution is 2.46. The first-order valence-corrected chi connectivity index (χ1v) is 6.40. The number of likely N-dealkylation sites (tertiary alicyclic amines) is 1. The van der Waals surface area contributed by atoms with Gasteiger partial charge in [-0.2, -0.15) is 0 Å². The first-order chi connectivity index (χ1) is 7.60. The third kappa shape index (κ3) is 1.34. The maximum absolute atomic E-state index is 2.58. The van der Waals surface area contributed by atoms with Gasteiger partial charge in [0.1, 0.15) is 0 Å². The second-order valence-electron chi connectivity index (χ2n) is 6.00. The van der Waals surface area contributed by atoms with Gasteiger partial charge in [-0.15, -0.1) is 0 Å². The Morgan fingerprint density at radius 1 is 1.25 bits per heavy atom. The standard InChI is InChI=1S/C15H21N/c1-11-9-15(2)10-13(16(11)3)8-12-6-4-5-7-14(12)15/h4-7,11,13H,8-10H2,1-3H3/t11-,13?,15?/m1/s1. The first kappa shape index (κ1) is 10.3. The zero-order chi connectivity index (χ0) is 11.3. The van der Waals surface area contributed by atoms with Crippen LogP contribution < -0.4 is 0 Å². The molecule has 1 heteroatoms. The van der Waals surface area contributed by atoms with E-state index in [2.05, 4.69) is 50.1 Å². The predicted molar refractivity (Wildman–Crippen MR) is 67.7 cm³/mol. The number of nitrogens with zero attached hydrogens (tertiary/aromatic N) is 1. The van der Waals surface area contributed by atoms with Crippen molar-refractivity contribution < 1.29 is 0 Å². The number of piperidine rings is 1. The maximum Gasteiger partial charge on any atom is 0.0144 e. The first-order valence-electron chi connectivity index (χ1n) is 6.40. The summed E-state index contributed by atoms with van der Waals surface area (Å²) in [4.78, 5) is 2.58. The molecule has 0 amide bonds. The Bertz CT molecular complexity index is 412. The van der Waals surface area contributed by atoms with E-state index in [4.69, 9.17) is 0 Å². The van der Waals surface area contributed by atoms with Gasteiger partial charge in [0, 0.05) is 12.1 Å². The van der Waals surface area contributed by atoms with E-state index in [-0.39, 0.29) is 0 Å². The minimum absolute atomic E-state index is 0.422. The van der Waals surface area contributed by atoms with E-state index in [1.165, 1.54) is 19.3 Å². The van der Waals surface area contributed by atoms with Crippen LogP contribution in [0.4, 0.5) is 0 Å². The monoisotopic (exact) mass is 215 g/mol. The van der Waals surface area contributed by atoms with E-state index < -0.39 is 0 Å². The van der Waals surface area contributed by atoms with E-state index in [1.54, 1.807) is 11.1 Å². The lowest BCUT2D eigenvalue weighted by molar-refractivity contribution is 0.0643. The molecule has 0 aromatic heterocycles. The van der Waals surface area contributed by atoms with Crippen molar-refractivity contribution in [2.24, 2.45) is 0 Å². The molecule has 16 heavy (non-hydrogen) atoms. The van der Waals surface area contributed by atoms with Gasteiger partial charge >= 0.3 is 0 Å². The number of fused-ring (bicyclic) bond motifs is 4. The van der Waals surface area contributed by atoms with Gasteiger partial charge in [0.25, 0.3) is 0 Å². The molecule has 3 rings (SSSR count). The Balaban J connectivity index is 2.10. The summed E-state index contributed by atoms with van der Waals surface area (Å²) in [6, 6.07) is 10.5. The number of hydrogen-bond acceptors (Lipinski definition) is 1. The van der Waals surface area contributed by atoms with Gasteiger partial charge in [0.05, 0.1) is 0 Å². The lowest BCUT2D eigenvalue weighted by atomic mass is 9.63. The average Bonchev–Trinajstić information content (AvgIpc) is 2.26. The normalized spacial score (nSPS) is 38.2. The van der Waals surface area contributed by atoms with Gasteiger partial charge in [-0.3, -0.25) is 0 Å². The smallest absolute Gasteiger partial charge is 0.0144 e. The van der Waals surface area contributed by atoms with Crippen LogP contribution in [0.25, 0.3) is 0 Å². The molecule has 1 aromatic carbocycles. The minimum atomic E-state index is 0.422. The molecule has 2 aliphatic rings. The molecule has 2 bridgehead atoms. The van der Waals surface area contributed by atoms with E-state index in [9.17, 15) is 0 Å². The molecule has 1 heterocycles. The van der Waals surface area contributed by atoms with Gasteiger partial charge in [0.2, 0.25) is 0 Å². The summed E-state index contributed by atoms with van der Waals surface area (Å²) in [5, 5.41) is 0. The molecule has 0 spiro atoms. The van der Waals surface area contributed by atoms with Gasteiger partial charge in [-0.25, -0.2) is 0 Å². The molecule has 3 atom stereocenters. The molecule has 1 aliphatic heterocycles. The Labute approximate surface area is 98.5 Å². The molecule has 86 valence electrons. The molecule has 1 saturated heterocycles. The van der Waals surface area contributed by atoms with Gasteiger partial charge in [-0.1, -0.05) is 31.2 Å². The molecule has 0 N–H and O–H groups in total. The quantitative estimate of drug-likeness (QED) is 0.643. The van der Waals surface area contributed by atoms with Crippen LogP contribution in [0.15, 0.2) is 24.3 Å².